The lowest BCUT2D eigenvalue weighted by Gasteiger charge is -2.22. The average molecular weight is 532 g/mol. The van der Waals surface area contributed by atoms with Gasteiger partial charge in [0.25, 0.3) is 11.1 Å². The van der Waals surface area contributed by atoms with Crippen LogP contribution in [-0.2, 0) is 9.59 Å². The second-order valence-corrected chi connectivity index (χ2v) is 9.28. The molecule has 0 radical (unpaired) electrons. The number of carbonyl (C=O) groups excluding carboxylic acids is 3. The molecule has 2 aliphatic rings. The van der Waals surface area contributed by atoms with E-state index in [2.05, 4.69) is 31.9 Å². The van der Waals surface area contributed by atoms with Gasteiger partial charge in [-0.25, -0.2) is 0 Å². The molecule has 0 atom stereocenters. The second-order valence-electron chi connectivity index (χ2n) is 6.58. The van der Waals surface area contributed by atoms with E-state index in [9.17, 15) is 14.4 Å². The van der Waals surface area contributed by atoms with E-state index < -0.39 is 11.1 Å². The van der Waals surface area contributed by atoms with Crippen molar-refractivity contribution in [2.45, 2.75) is 25.7 Å². The number of carbonyl (C=O) groups is 3. The maximum absolute atomic E-state index is 12.7. The molecule has 3 rings (SSSR count). The van der Waals surface area contributed by atoms with Crippen LogP contribution < -0.4 is 4.74 Å². The first-order valence-corrected chi connectivity index (χ1v) is 11.4. The van der Waals surface area contributed by atoms with Crippen molar-refractivity contribution in [2.75, 3.05) is 26.7 Å². The Labute approximate surface area is 184 Å². The van der Waals surface area contributed by atoms with E-state index >= 15 is 0 Å². The molecule has 1 aromatic carbocycles. The summed E-state index contributed by atoms with van der Waals surface area (Å²) in [6.07, 6.45) is 5.81. The molecule has 2 heterocycles. The van der Waals surface area contributed by atoms with Gasteiger partial charge < -0.3 is 9.64 Å². The third kappa shape index (κ3) is 4.80. The van der Waals surface area contributed by atoms with E-state index in [1.54, 1.807) is 30.2 Å². The van der Waals surface area contributed by atoms with Gasteiger partial charge in [0.1, 0.15) is 12.3 Å². The zero-order chi connectivity index (χ0) is 20.3. The fraction of sp³-hybridized carbons (Fsp3) is 0.421. The van der Waals surface area contributed by atoms with Crippen LogP contribution in [0, 0.1) is 0 Å². The van der Waals surface area contributed by atoms with Gasteiger partial charge in [-0.2, -0.15) is 0 Å². The maximum Gasteiger partial charge on any atom is 0.294 e. The molecule has 2 fully saturated rings. The summed E-state index contributed by atoms with van der Waals surface area (Å²) in [7, 11) is 1.57. The first-order chi connectivity index (χ1) is 13.4. The number of hydrogen-bond acceptors (Lipinski definition) is 5. The Balaban J connectivity index is 1.74. The minimum absolute atomic E-state index is 0.166. The number of thioether (sulfide) groups is 1. The van der Waals surface area contributed by atoms with E-state index in [0.29, 0.717) is 23.7 Å². The Kier molecular flexibility index (Phi) is 7.22. The van der Waals surface area contributed by atoms with Crippen molar-refractivity contribution in [3.63, 3.8) is 0 Å². The van der Waals surface area contributed by atoms with Crippen molar-refractivity contribution in [3.8, 4) is 5.75 Å². The quantitative estimate of drug-likeness (QED) is 0.528. The van der Waals surface area contributed by atoms with Gasteiger partial charge in [0.15, 0.2) is 0 Å². The zero-order valence-electron chi connectivity index (χ0n) is 15.4. The van der Waals surface area contributed by atoms with Crippen molar-refractivity contribution >= 4 is 66.8 Å². The fourth-order valence-electron chi connectivity index (χ4n) is 3.20. The predicted octanol–water partition coefficient (Wildman–Crippen LogP) is 4.66. The minimum atomic E-state index is -0.429. The Hall–Kier alpha value is -1.32. The number of rotatable bonds is 4. The highest BCUT2D eigenvalue weighted by Gasteiger charge is 2.37. The van der Waals surface area contributed by atoms with Gasteiger partial charge in [-0.15, -0.1) is 0 Å². The summed E-state index contributed by atoms with van der Waals surface area (Å²) in [4.78, 5) is 40.7. The van der Waals surface area contributed by atoms with Gasteiger partial charge in [-0.1, -0.05) is 12.8 Å². The second kappa shape index (κ2) is 9.45. The fourth-order valence-corrected chi connectivity index (χ4v) is 5.58. The lowest BCUT2D eigenvalue weighted by molar-refractivity contribution is -0.135. The average Bonchev–Trinajstić information content (AvgIpc) is 2.86. The topological polar surface area (TPSA) is 66.9 Å². The summed E-state index contributed by atoms with van der Waals surface area (Å²) >= 11 is 7.71. The lowest BCUT2D eigenvalue weighted by atomic mass is 10.2. The molecule has 0 aliphatic carbocycles. The number of hydrogen-bond donors (Lipinski definition) is 0. The molecule has 0 bridgehead atoms. The summed E-state index contributed by atoms with van der Waals surface area (Å²) in [6, 6.07) is 3.61. The summed E-state index contributed by atoms with van der Waals surface area (Å²) in [5.41, 5.74) is 0.740. The van der Waals surface area contributed by atoms with Crippen LogP contribution in [0.5, 0.6) is 5.75 Å². The van der Waals surface area contributed by atoms with Gasteiger partial charge in [0.2, 0.25) is 5.91 Å². The third-order valence-electron chi connectivity index (χ3n) is 4.65. The summed E-state index contributed by atoms with van der Waals surface area (Å²) in [6.45, 7) is 1.19. The molecule has 9 heteroatoms. The number of halogens is 2. The van der Waals surface area contributed by atoms with Crippen molar-refractivity contribution in [3.05, 3.63) is 31.5 Å². The Morgan fingerprint density at radius 3 is 2.32 bits per heavy atom. The SMILES string of the molecule is COc1c(Br)cc(C=C2SC(=O)N(CC(=O)N3CCCCCC3)C2=O)cc1Br. The number of methoxy groups -OCH3 is 1. The van der Waals surface area contributed by atoms with Crippen LogP contribution in [0.25, 0.3) is 6.08 Å². The maximum atomic E-state index is 12.7. The molecule has 0 N–H and O–H groups in total. The molecule has 1 aromatic rings. The van der Waals surface area contributed by atoms with Crippen molar-refractivity contribution in [2.24, 2.45) is 0 Å². The van der Waals surface area contributed by atoms with Crippen molar-refractivity contribution < 1.29 is 19.1 Å². The van der Waals surface area contributed by atoms with E-state index in [4.69, 9.17) is 4.74 Å². The molecule has 28 heavy (non-hydrogen) atoms. The smallest absolute Gasteiger partial charge is 0.294 e. The molecule has 0 spiro atoms. The first kappa shape index (κ1) is 21.4. The summed E-state index contributed by atoms with van der Waals surface area (Å²) in [5, 5.41) is -0.411. The number of imide groups is 1. The van der Waals surface area contributed by atoms with E-state index in [0.717, 1.165) is 56.9 Å². The Bertz CT molecular complexity index is 812. The van der Waals surface area contributed by atoms with Gasteiger partial charge in [-0.3, -0.25) is 19.3 Å². The molecular weight excluding hydrogens is 512 g/mol. The highest BCUT2D eigenvalue weighted by atomic mass is 79.9. The van der Waals surface area contributed by atoms with Gasteiger partial charge in [0, 0.05) is 13.1 Å². The molecular formula is C19H20Br2N2O4S. The Morgan fingerprint density at radius 1 is 1.14 bits per heavy atom. The van der Waals surface area contributed by atoms with Crippen molar-refractivity contribution in [1.82, 2.24) is 9.80 Å². The normalized spacial score (nSPS) is 19.3. The molecule has 2 saturated heterocycles. The van der Waals surface area contributed by atoms with Crippen LogP contribution in [0.15, 0.2) is 26.0 Å². The van der Waals surface area contributed by atoms with E-state index in [1.807, 2.05) is 0 Å². The number of ether oxygens (including phenoxy) is 1. The molecule has 150 valence electrons. The van der Waals surface area contributed by atoms with Gasteiger partial charge in [0.05, 0.1) is 21.0 Å². The molecule has 0 saturated carbocycles. The first-order valence-electron chi connectivity index (χ1n) is 8.97. The molecule has 2 aliphatic heterocycles. The van der Waals surface area contributed by atoms with Crippen molar-refractivity contribution in [1.29, 1.82) is 0 Å². The summed E-state index contributed by atoms with van der Waals surface area (Å²) in [5.74, 6) is 0.0509. The molecule has 0 aromatic heterocycles. The highest BCUT2D eigenvalue weighted by molar-refractivity contribution is 9.11. The predicted molar refractivity (Wildman–Crippen MR) is 116 cm³/mol. The monoisotopic (exact) mass is 530 g/mol. The minimum Gasteiger partial charge on any atom is -0.494 e. The summed E-state index contributed by atoms with van der Waals surface area (Å²) < 4.78 is 6.73. The zero-order valence-corrected chi connectivity index (χ0v) is 19.4. The van der Waals surface area contributed by atoms with E-state index in [1.165, 1.54) is 0 Å². The van der Waals surface area contributed by atoms with Gasteiger partial charge >= 0.3 is 0 Å². The van der Waals surface area contributed by atoms with Crippen LogP contribution in [0.3, 0.4) is 0 Å². The standard InChI is InChI=1S/C19H20Br2N2O4S/c1-27-17-13(20)8-12(9-14(17)21)10-15-18(25)23(19(26)28-15)11-16(24)22-6-4-2-3-5-7-22/h8-10H,2-7,11H2,1H3. The van der Waals surface area contributed by atoms with E-state index in [-0.39, 0.29) is 12.5 Å². The van der Waals surface area contributed by atoms with Crippen LogP contribution >= 0.6 is 43.6 Å². The number of amides is 3. The number of benzene rings is 1. The van der Waals surface area contributed by atoms with Crippen LogP contribution in [0.1, 0.15) is 31.2 Å². The lowest BCUT2D eigenvalue weighted by Crippen LogP contribution is -2.42. The highest BCUT2D eigenvalue weighted by Crippen LogP contribution is 2.37. The molecule has 3 amide bonds. The van der Waals surface area contributed by atoms with Crippen LogP contribution in [0.2, 0.25) is 0 Å². The Morgan fingerprint density at radius 2 is 1.75 bits per heavy atom. The largest absolute Gasteiger partial charge is 0.494 e. The van der Waals surface area contributed by atoms with Crippen LogP contribution in [0.4, 0.5) is 4.79 Å². The number of nitrogens with zero attached hydrogens (tertiary/aromatic N) is 2. The number of likely N-dealkylation sites (tertiary alicyclic amines) is 1. The molecule has 0 unspecified atom stereocenters. The van der Waals surface area contributed by atoms with Crippen LogP contribution in [-0.4, -0.2) is 53.6 Å². The molecule has 6 nitrogen and oxygen atoms in total. The third-order valence-corrected chi connectivity index (χ3v) is 6.73. The van der Waals surface area contributed by atoms with Gasteiger partial charge in [-0.05, 0) is 80.2 Å².